The van der Waals surface area contributed by atoms with Crippen LogP contribution in [0.5, 0.6) is 0 Å². The van der Waals surface area contributed by atoms with Crippen LogP contribution in [0.25, 0.3) is 16.5 Å². The molecule has 8 heteroatoms. The van der Waals surface area contributed by atoms with Crippen LogP contribution in [0.3, 0.4) is 0 Å². The van der Waals surface area contributed by atoms with Crippen molar-refractivity contribution in [3.8, 4) is 11.8 Å². The van der Waals surface area contributed by atoms with Crippen LogP contribution in [-0.2, 0) is 4.79 Å². The molecule has 5 nitrogen and oxygen atoms in total. The summed E-state index contributed by atoms with van der Waals surface area (Å²) in [7, 11) is 0. The first-order valence-electron chi connectivity index (χ1n) is 8.17. The number of hydrogen-bond donors (Lipinski definition) is 2. The summed E-state index contributed by atoms with van der Waals surface area (Å²) in [5, 5.41) is 0.336. The molecule has 2 aromatic rings. The van der Waals surface area contributed by atoms with Gasteiger partial charge in [0.05, 0.1) is 10.5 Å². The van der Waals surface area contributed by atoms with E-state index in [9.17, 15) is 18.4 Å². The van der Waals surface area contributed by atoms with E-state index in [4.69, 9.17) is 17.3 Å². The summed E-state index contributed by atoms with van der Waals surface area (Å²) in [5.74, 6) is 0.898. The molecule has 0 spiro atoms. The molecule has 0 unspecified atom stereocenters. The molecular formula is C19H16ClF2N3O2. The van der Waals surface area contributed by atoms with E-state index in [-0.39, 0.29) is 28.0 Å². The molecule has 0 aliphatic carbocycles. The molecule has 2 amide bonds. The first-order valence-corrected chi connectivity index (χ1v) is 8.55. The third-order valence-electron chi connectivity index (χ3n) is 4.48. The number of halogens is 3. The maximum atomic E-state index is 15.0. The van der Waals surface area contributed by atoms with Crippen molar-refractivity contribution < 1.29 is 18.4 Å². The predicted molar refractivity (Wildman–Crippen MR) is 99.1 cm³/mol. The highest BCUT2D eigenvalue weighted by molar-refractivity contribution is 6.37. The molecule has 1 aromatic heterocycles. The van der Waals surface area contributed by atoms with Crippen LogP contribution in [-0.4, -0.2) is 34.8 Å². The summed E-state index contributed by atoms with van der Waals surface area (Å²) in [5.41, 5.74) is 5.46. The molecule has 0 atom stereocenters. The Balaban J connectivity index is 2.26. The smallest absolute Gasteiger partial charge is 0.298 e. The monoisotopic (exact) mass is 391 g/mol. The SMILES string of the molecule is CC#CC(=O)N1CCC=C(c2c(F)c(F)c(C(N)=O)c3[nH]c(C)c(Cl)c23)C1. The van der Waals surface area contributed by atoms with Gasteiger partial charge in [0.2, 0.25) is 0 Å². The lowest BCUT2D eigenvalue weighted by atomic mass is 9.94. The molecule has 0 fully saturated rings. The number of nitrogens with one attached hydrogen (secondary N) is 1. The first kappa shape index (κ1) is 18.9. The number of rotatable bonds is 2. The van der Waals surface area contributed by atoms with E-state index in [1.54, 1.807) is 19.9 Å². The number of carbonyl (C=O) groups is 2. The van der Waals surface area contributed by atoms with Crippen LogP contribution in [0.1, 0.15) is 35.0 Å². The fourth-order valence-corrected chi connectivity index (χ4v) is 3.52. The number of H-pyrrole nitrogens is 1. The molecular weight excluding hydrogens is 376 g/mol. The van der Waals surface area contributed by atoms with Crippen LogP contribution < -0.4 is 5.73 Å². The lowest BCUT2D eigenvalue weighted by molar-refractivity contribution is -0.124. The largest absolute Gasteiger partial charge is 0.365 e. The van der Waals surface area contributed by atoms with Gasteiger partial charge < -0.3 is 15.6 Å². The van der Waals surface area contributed by atoms with Gasteiger partial charge in [-0.2, -0.15) is 0 Å². The Kier molecular flexibility index (Phi) is 4.94. The average Bonchev–Trinajstić information content (AvgIpc) is 2.90. The number of carbonyl (C=O) groups excluding carboxylic acids is 2. The highest BCUT2D eigenvalue weighted by Gasteiger charge is 2.30. The number of amides is 2. The van der Waals surface area contributed by atoms with Gasteiger partial charge in [-0.3, -0.25) is 9.59 Å². The van der Waals surface area contributed by atoms with Crippen molar-refractivity contribution in [1.82, 2.24) is 9.88 Å². The summed E-state index contributed by atoms with van der Waals surface area (Å²) in [6.45, 7) is 3.63. The van der Waals surface area contributed by atoms with Crippen molar-refractivity contribution in [2.75, 3.05) is 13.1 Å². The number of primary amides is 1. The van der Waals surface area contributed by atoms with Gasteiger partial charge in [-0.05, 0) is 31.8 Å². The van der Waals surface area contributed by atoms with E-state index in [2.05, 4.69) is 16.8 Å². The van der Waals surface area contributed by atoms with E-state index in [0.717, 1.165) is 0 Å². The van der Waals surface area contributed by atoms with E-state index >= 15 is 0 Å². The molecule has 140 valence electrons. The number of benzene rings is 1. The zero-order valence-corrected chi connectivity index (χ0v) is 15.4. The molecule has 27 heavy (non-hydrogen) atoms. The highest BCUT2D eigenvalue weighted by Crippen LogP contribution is 2.39. The second kappa shape index (κ2) is 7.05. The Morgan fingerprint density at radius 2 is 2.04 bits per heavy atom. The summed E-state index contributed by atoms with van der Waals surface area (Å²) in [6.07, 6.45) is 2.18. The number of fused-ring (bicyclic) bond motifs is 1. The van der Waals surface area contributed by atoms with Gasteiger partial charge in [0.25, 0.3) is 11.8 Å². The van der Waals surface area contributed by atoms with E-state index in [1.165, 1.54) is 4.90 Å². The molecule has 0 bridgehead atoms. The van der Waals surface area contributed by atoms with Crippen LogP contribution in [0.4, 0.5) is 8.78 Å². The Morgan fingerprint density at radius 1 is 1.33 bits per heavy atom. The minimum absolute atomic E-state index is 0.0385. The summed E-state index contributed by atoms with van der Waals surface area (Å²) < 4.78 is 29.6. The second-order valence-electron chi connectivity index (χ2n) is 6.18. The van der Waals surface area contributed by atoms with Crippen molar-refractivity contribution >= 4 is 39.9 Å². The topological polar surface area (TPSA) is 79.2 Å². The fraction of sp³-hybridized carbons (Fsp3) is 0.263. The minimum Gasteiger partial charge on any atom is -0.365 e. The van der Waals surface area contributed by atoms with Crippen molar-refractivity contribution in [3.05, 3.63) is 39.6 Å². The molecule has 1 aliphatic rings. The fourth-order valence-electron chi connectivity index (χ4n) is 3.28. The predicted octanol–water partition coefficient (Wildman–Crippen LogP) is 3.15. The molecule has 1 aliphatic heterocycles. The number of hydrogen-bond acceptors (Lipinski definition) is 2. The maximum absolute atomic E-state index is 15.0. The molecule has 1 aromatic carbocycles. The van der Waals surface area contributed by atoms with Crippen LogP contribution in [0.2, 0.25) is 5.02 Å². The molecule has 3 rings (SSSR count). The number of aromatic amines is 1. The molecule has 0 saturated carbocycles. The highest BCUT2D eigenvalue weighted by atomic mass is 35.5. The Hall–Kier alpha value is -2.85. The lowest BCUT2D eigenvalue weighted by Gasteiger charge is -2.26. The third kappa shape index (κ3) is 3.06. The number of nitrogens with two attached hydrogens (primary N) is 1. The number of nitrogens with zero attached hydrogens (tertiary/aromatic N) is 1. The van der Waals surface area contributed by atoms with E-state index < -0.39 is 29.0 Å². The Labute approximate surface area is 159 Å². The minimum atomic E-state index is -1.35. The zero-order valence-electron chi connectivity index (χ0n) is 14.7. The van der Waals surface area contributed by atoms with Gasteiger partial charge in [0.1, 0.15) is 5.56 Å². The van der Waals surface area contributed by atoms with Gasteiger partial charge >= 0.3 is 0 Å². The Bertz CT molecular complexity index is 1080. The number of aromatic nitrogens is 1. The summed E-state index contributed by atoms with van der Waals surface area (Å²) in [4.78, 5) is 28.0. The quantitative estimate of drug-likeness (QED) is 0.771. The average molecular weight is 392 g/mol. The summed E-state index contributed by atoms with van der Waals surface area (Å²) in [6, 6.07) is 0. The van der Waals surface area contributed by atoms with E-state index in [0.29, 0.717) is 24.2 Å². The van der Waals surface area contributed by atoms with Crippen molar-refractivity contribution in [1.29, 1.82) is 0 Å². The second-order valence-corrected chi connectivity index (χ2v) is 6.55. The van der Waals surface area contributed by atoms with Gasteiger partial charge in [-0.15, -0.1) is 0 Å². The molecule has 0 radical (unpaired) electrons. The first-order chi connectivity index (χ1) is 12.8. The Morgan fingerprint density at radius 3 is 2.67 bits per heavy atom. The van der Waals surface area contributed by atoms with Crippen molar-refractivity contribution in [3.63, 3.8) is 0 Å². The molecule has 0 saturated heterocycles. The van der Waals surface area contributed by atoms with Crippen LogP contribution in [0.15, 0.2) is 6.08 Å². The van der Waals surface area contributed by atoms with Gasteiger partial charge in [-0.1, -0.05) is 23.6 Å². The normalized spacial score (nSPS) is 14.0. The lowest BCUT2D eigenvalue weighted by Crippen LogP contribution is -2.34. The van der Waals surface area contributed by atoms with Crippen LogP contribution in [0, 0.1) is 30.4 Å². The molecule has 3 N–H and O–H groups in total. The molecule has 2 heterocycles. The van der Waals surface area contributed by atoms with Crippen molar-refractivity contribution in [2.24, 2.45) is 5.73 Å². The van der Waals surface area contributed by atoms with Crippen LogP contribution >= 0.6 is 11.6 Å². The van der Waals surface area contributed by atoms with Gasteiger partial charge in [-0.25, -0.2) is 8.78 Å². The van der Waals surface area contributed by atoms with Gasteiger partial charge in [0, 0.05) is 29.7 Å². The third-order valence-corrected chi connectivity index (χ3v) is 4.95. The number of aryl methyl sites for hydroxylation is 1. The van der Waals surface area contributed by atoms with Gasteiger partial charge in [0.15, 0.2) is 11.6 Å². The summed E-state index contributed by atoms with van der Waals surface area (Å²) >= 11 is 6.31. The zero-order chi connectivity index (χ0) is 19.9. The standard InChI is InChI=1S/C19H16ClF2N3O2/c1-3-5-11(26)25-7-4-6-10(8-25)12-13-15(20)9(2)24-18(13)14(19(23)27)17(22)16(12)21/h6,24H,4,7-8H2,1-2H3,(H2,23,27). The van der Waals surface area contributed by atoms with Crippen molar-refractivity contribution in [2.45, 2.75) is 20.3 Å². The van der Waals surface area contributed by atoms with E-state index in [1.807, 2.05) is 0 Å². The maximum Gasteiger partial charge on any atom is 0.298 e.